The molecular formula is C22H34O6. The zero-order valence-electron chi connectivity index (χ0n) is 17.2. The van der Waals surface area contributed by atoms with Crippen molar-refractivity contribution >= 4 is 12.1 Å². The maximum Gasteiger partial charge on any atom is 0.543 e. The van der Waals surface area contributed by atoms with E-state index in [0.717, 1.165) is 32.1 Å². The van der Waals surface area contributed by atoms with Gasteiger partial charge in [0, 0.05) is 0 Å². The second-order valence-electron chi connectivity index (χ2n) is 6.90. The van der Waals surface area contributed by atoms with E-state index in [0.29, 0.717) is 5.56 Å². The van der Waals surface area contributed by atoms with Crippen LogP contribution < -0.4 is 0 Å². The third-order valence-electron chi connectivity index (χ3n) is 4.44. The van der Waals surface area contributed by atoms with Crippen LogP contribution in [0, 0.1) is 0 Å². The van der Waals surface area contributed by atoms with E-state index < -0.39 is 12.1 Å². The number of aryl methyl sites for hydroxylation is 1. The predicted molar refractivity (Wildman–Crippen MR) is 107 cm³/mol. The smallest absolute Gasteiger partial charge is 0.432 e. The van der Waals surface area contributed by atoms with Crippen LogP contribution in [0.25, 0.3) is 0 Å². The van der Waals surface area contributed by atoms with E-state index in [-0.39, 0.29) is 6.61 Å². The molecule has 0 spiro atoms. The van der Waals surface area contributed by atoms with E-state index in [1.54, 1.807) is 12.1 Å². The molecule has 28 heavy (non-hydrogen) atoms. The van der Waals surface area contributed by atoms with Gasteiger partial charge in [-0.05, 0) is 37.0 Å². The average Bonchev–Trinajstić information content (AvgIpc) is 2.71. The fraction of sp³-hybridized carbons (Fsp3) is 0.636. The zero-order valence-corrected chi connectivity index (χ0v) is 17.2. The highest BCUT2D eigenvalue weighted by molar-refractivity contribution is 5.88. The maximum atomic E-state index is 11.8. The van der Waals surface area contributed by atoms with E-state index in [4.69, 9.17) is 4.74 Å². The Morgan fingerprint density at radius 3 is 2.04 bits per heavy atom. The Kier molecular flexibility index (Phi) is 13.6. The number of hydrogen-bond donors (Lipinski definition) is 0. The van der Waals surface area contributed by atoms with Gasteiger partial charge in [-0.3, -0.25) is 4.89 Å². The molecule has 6 nitrogen and oxygen atoms in total. The van der Waals surface area contributed by atoms with Crippen molar-refractivity contribution in [3.05, 3.63) is 35.4 Å². The molecule has 1 rings (SSSR count). The summed E-state index contributed by atoms with van der Waals surface area (Å²) in [6.45, 7) is 4.60. The van der Waals surface area contributed by atoms with Gasteiger partial charge in [0.15, 0.2) is 0 Å². The Balaban J connectivity index is 2.12. The molecule has 0 bridgehead atoms. The van der Waals surface area contributed by atoms with Gasteiger partial charge < -0.3 is 4.74 Å². The van der Waals surface area contributed by atoms with Crippen LogP contribution in [0.5, 0.6) is 0 Å². The summed E-state index contributed by atoms with van der Waals surface area (Å²) in [4.78, 5) is 31.9. The van der Waals surface area contributed by atoms with Crippen LogP contribution in [0.15, 0.2) is 24.3 Å². The normalized spacial score (nSPS) is 10.5. The van der Waals surface area contributed by atoms with Crippen LogP contribution in [0.2, 0.25) is 0 Å². The molecule has 0 aliphatic heterocycles. The van der Waals surface area contributed by atoms with E-state index in [9.17, 15) is 9.59 Å². The number of unbranched alkanes of at least 4 members (excludes halogenated alkanes) is 8. The van der Waals surface area contributed by atoms with E-state index in [1.165, 1.54) is 44.1 Å². The molecule has 6 heteroatoms. The first-order valence-electron chi connectivity index (χ1n) is 10.5. The monoisotopic (exact) mass is 394 g/mol. The van der Waals surface area contributed by atoms with Crippen LogP contribution in [0.3, 0.4) is 0 Å². The molecular weight excluding hydrogens is 360 g/mol. The quantitative estimate of drug-likeness (QED) is 0.150. The van der Waals surface area contributed by atoms with Crippen molar-refractivity contribution in [3.63, 3.8) is 0 Å². The van der Waals surface area contributed by atoms with Gasteiger partial charge in [0.1, 0.15) is 0 Å². The first-order chi connectivity index (χ1) is 13.7. The highest BCUT2D eigenvalue weighted by atomic mass is 17.5. The summed E-state index contributed by atoms with van der Waals surface area (Å²) < 4.78 is 4.83. The number of rotatable bonds is 15. The zero-order chi connectivity index (χ0) is 20.5. The van der Waals surface area contributed by atoms with Gasteiger partial charge in [-0.15, -0.1) is 0 Å². The van der Waals surface area contributed by atoms with E-state index in [1.807, 2.05) is 12.1 Å². The summed E-state index contributed by atoms with van der Waals surface area (Å²) in [5.41, 5.74) is 1.49. The summed E-state index contributed by atoms with van der Waals surface area (Å²) in [5.74, 6) is -0.735. The molecule has 0 fully saturated rings. The van der Waals surface area contributed by atoms with Crippen molar-refractivity contribution in [3.8, 4) is 0 Å². The molecule has 0 aliphatic rings. The second kappa shape index (κ2) is 15.9. The van der Waals surface area contributed by atoms with Crippen LogP contribution in [0.1, 0.15) is 94.0 Å². The molecule has 0 aliphatic carbocycles. The van der Waals surface area contributed by atoms with Gasteiger partial charge in [-0.25, -0.2) is 14.5 Å². The minimum Gasteiger partial charge on any atom is -0.432 e. The number of carbonyl (C=O) groups is 2. The van der Waals surface area contributed by atoms with Crippen LogP contribution in [-0.2, 0) is 26.0 Å². The van der Waals surface area contributed by atoms with Crippen molar-refractivity contribution < 1.29 is 29.1 Å². The molecule has 0 saturated heterocycles. The van der Waals surface area contributed by atoms with Crippen molar-refractivity contribution in [2.24, 2.45) is 0 Å². The molecule has 0 aromatic heterocycles. The highest BCUT2D eigenvalue weighted by Gasteiger charge is 2.12. The first-order valence-corrected chi connectivity index (χ1v) is 10.5. The molecule has 0 radical (unpaired) electrons. The lowest BCUT2D eigenvalue weighted by molar-refractivity contribution is -0.452. The average molecular weight is 395 g/mol. The standard InChI is InChI=1S/C22H34O6/c1-3-5-7-9-10-12-18-25-22(24)27-28-26-21(23)20-16-14-19(15-17-20)13-11-8-6-4-2/h14-17H,3-13,18H2,1-2H3. The first kappa shape index (κ1) is 24.0. The molecule has 1 aromatic rings. The van der Waals surface area contributed by atoms with E-state index in [2.05, 4.69) is 28.7 Å². The molecule has 0 atom stereocenters. The largest absolute Gasteiger partial charge is 0.543 e. The summed E-state index contributed by atoms with van der Waals surface area (Å²) in [6, 6.07) is 7.10. The highest BCUT2D eigenvalue weighted by Crippen LogP contribution is 2.11. The Labute approximate surface area is 168 Å². The van der Waals surface area contributed by atoms with Gasteiger partial charge >= 0.3 is 12.1 Å². The molecule has 158 valence electrons. The lowest BCUT2D eigenvalue weighted by atomic mass is 10.0. The van der Waals surface area contributed by atoms with Crippen LogP contribution >= 0.6 is 0 Å². The summed E-state index contributed by atoms with van der Waals surface area (Å²) >= 11 is 0. The fourth-order valence-corrected chi connectivity index (χ4v) is 2.75. The summed E-state index contributed by atoms with van der Waals surface area (Å²) in [7, 11) is 0. The molecule has 0 amide bonds. The second-order valence-corrected chi connectivity index (χ2v) is 6.90. The molecule has 0 unspecified atom stereocenters. The number of benzene rings is 1. The molecule has 1 aromatic carbocycles. The number of carbonyl (C=O) groups excluding carboxylic acids is 2. The van der Waals surface area contributed by atoms with Crippen molar-refractivity contribution in [2.45, 2.75) is 84.5 Å². The Hall–Kier alpha value is -2.08. The topological polar surface area (TPSA) is 71.1 Å². The Morgan fingerprint density at radius 2 is 1.36 bits per heavy atom. The van der Waals surface area contributed by atoms with Gasteiger partial charge in [-0.1, -0.05) is 77.3 Å². The van der Waals surface area contributed by atoms with Crippen LogP contribution in [0.4, 0.5) is 4.79 Å². The van der Waals surface area contributed by atoms with E-state index >= 15 is 0 Å². The number of hydrogen-bond acceptors (Lipinski definition) is 6. The minimum absolute atomic E-state index is 0.252. The lowest BCUT2D eigenvalue weighted by Crippen LogP contribution is -2.12. The summed E-state index contributed by atoms with van der Waals surface area (Å²) in [6.07, 6.45) is 11.3. The van der Waals surface area contributed by atoms with Gasteiger partial charge in [-0.2, -0.15) is 0 Å². The minimum atomic E-state index is -1.02. The van der Waals surface area contributed by atoms with Crippen molar-refractivity contribution in [1.29, 1.82) is 0 Å². The van der Waals surface area contributed by atoms with Crippen molar-refractivity contribution in [2.75, 3.05) is 6.61 Å². The van der Waals surface area contributed by atoms with Crippen molar-refractivity contribution in [1.82, 2.24) is 0 Å². The molecule has 0 N–H and O–H groups in total. The van der Waals surface area contributed by atoms with Crippen LogP contribution in [-0.4, -0.2) is 18.7 Å². The third-order valence-corrected chi connectivity index (χ3v) is 4.44. The Bertz CT molecular complexity index is 540. The number of ether oxygens (including phenoxy) is 1. The lowest BCUT2D eigenvalue weighted by Gasteiger charge is -2.05. The van der Waals surface area contributed by atoms with Gasteiger partial charge in [0.05, 0.1) is 17.2 Å². The fourth-order valence-electron chi connectivity index (χ4n) is 2.75. The third kappa shape index (κ3) is 11.6. The van der Waals surface area contributed by atoms with Gasteiger partial charge in [0.2, 0.25) is 0 Å². The molecule has 0 saturated carbocycles. The SMILES string of the molecule is CCCCCCCCOC(=O)OOOC(=O)c1ccc(CCCCCC)cc1. The summed E-state index contributed by atoms with van der Waals surface area (Å²) in [5, 5.41) is 4.22. The Morgan fingerprint density at radius 1 is 0.750 bits per heavy atom. The van der Waals surface area contributed by atoms with Gasteiger partial charge in [0.25, 0.3) is 0 Å². The maximum absolute atomic E-state index is 11.8. The predicted octanol–water partition coefficient (Wildman–Crippen LogP) is 6.33. The molecule has 0 heterocycles.